The zero-order valence-corrected chi connectivity index (χ0v) is 10.4. The van der Waals surface area contributed by atoms with Crippen molar-refractivity contribution in [2.45, 2.75) is 26.8 Å². The van der Waals surface area contributed by atoms with E-state index in [1.807, 2.05) is 0 Å². The van der Waals surface area contributed by atoms with Gasteiger partial charge in [0.1, 0.15) is 0 Å². The highest BCUT2D eigenvalue weighted by molar-refractivity contribution is 5.87. The first-order valence-corrected chi connectivity index (χ1v) is 5.42. The summed E-state index contributed by atoms with van der Waals surface area (Å²) in [5, 5.41) is 0. The number of halogens is 3. The Morgan fingerprint density at radius 2 is 2.11 bits per heavy atom. The van der Waals surface area contributed by atoms with Crippen LogP contribution in [0.1, 0.15) is 28.5 Å². The topological polar surface area (TPSA) is 74.4 Å². The van der Waals surface area contributed by atoms with Gasteiger partial charge in [-0.1, -0.05) is 0 Å². The van der Waals surface area contributed by atoms with Crippen LogP contribution in [0.25, 0.3) is 0 Å². The molecule has 0 amide bonds. The minimum atomic E-state index is -4.89. The van der Waals surface area contributed by atoms with Gasteiger partial charge in [-0.15, -0.1) is 13.2 Å². The van der Waals surface area contributed by atoms with Gasteiger partial charge in [-0.05, 0) is 25.5 Å². The zero-order valence-electron chi connectivity index (χ0n) is 10.4. The van der Waals surface area contributed by atoms with Crippen LogP contribution in [0.15, 0.2) is 6.07 Å². The quantitative estimate of drug-likeness (QED) is 0.852. The lowest BCUT2D eigenvalue weighted by atomic mass is 10.1. The van der Waals surface area contributed by atoms with Crippen molar-refractivity contribution in [3.8, 4) is 5.88 Å². The molecule has 1 aromatic heterocycles. The zero-order chi connectivity index (χ0) is 14.6. The number of nitrogens with zero attached hydrogens (tertiary/aromatic N) is 1. The number of rotatable bonds is 4. The number of aromatic nitrogens is 1. The standard InChI is InChI=1S/C11H13F3N2O3/c1-3-18-10(17)8-4-7(5-15)6(2)9(16-8)19-11(12,13)14/h4H,3,5,15H2,1-2H3. The fraction of sp³-hybridized carbons (Fsp3) is 0.455. The van der Waals surface area contributed by atoms with Crippen molar-refractivity contribution in [1.82, 2.24) is 4.98 Å². The van der Waals surface area contributed by atoms with Crippen LogP contribution in [-0.4, -0.2) is 23.9 Å². The van der Waals surface area contributed by atoms with Gasteiger partial charge in [0.05, 0.1) is 6.61 Å². The summed E-state index contributed by atoms with van der Waals surface area (Å²) in [6, 6.07) is 1.29. The molecule has 2 N–H and O–H groups in total. The molecular weight excluding hydrogens is 265 g/mol. The molecule has 0 unspecified atom stereocenters. The molecule has 8 heteroatoms. The van der Waals surface area contributed by atoms with E-state index in [1.54, 1.807) is 6.92 Å². The second-order valence-electron chi connectivity index (χ2n) is 3.57. The van der Waals surface area contributed by atoms with Gasteiger partial charge in [0.15, 0.2) is 5.69 Å². The Bertz CT molecular complexity index is 475. The molecule has 0 fully saturated rings. The summed E-state index contributed by atoms with van der Waals surface area (Å²) in [7, 11) is 0. The van der Waals surface area contributed by atoms with Crippen LogP contribution in [0.3, 0.4) is 0 Å². The molecule has 1 rings (SSSR count). The molecule has 0 aliphatic heterocycles. The summed E-state index contributed by atoms with van der Waals surface area (Å²) >= 11 is 0. The smallest absolute Gasteiger partial charge is 0.461 e. The van der Waals surface area contributed by atoms with Crippen LogP contribution in [-0.2, 0) is 11.3 Å². The van der Waals surface area contributed by atoms with E-state index in [1.165, 1.54) is 13.0 Å². The van der Waals surface area contributed by atoms with Crippen LogP contribution in [0.2, 0.25) is 0 Å². The van der Waals surface area contributed by atoms with Gasteiger partial charge in [0, 0.05) is 12.1 Å². The third kappa shape index (κ3) is 4.09. The number of hydrogen-bond donors (Lipinski definition) is 1. The molecule has 0 saturated carbocycles. The predicted octanol–water partition coefficient (Wildman–Crippen LogP) is 1.92. The highest BCUT2D eigenvalue weighted by Crippen LogP contribution is 2.27. The van der Waals surface area contributed by atoms with Crippen molar-refractivity contribution < 1.29 is 27.4 Å². The molecule has 0 atom stereocenters. The first-order valence-electron chi connectivity index (χ1n) is 5.42. The first kappa shape index (κ1) is 15.2. The summed E-state index contributed by atoms with van der Waals surface area (Å²) < 4.78 is 45.1. The molecule has 19 heavy (non-hydrogen) atoms. The predicted molar refractivity (Wildman–Crippen MR) is 59.5 cm³/mol. The number of nitrogens with two attached hydrogens (primary N) is 1. The van der Waals surface area contributed by atoms with Crippen molar-refractivity contribution in [2.24, 2.45) is 5.73 Å². The largest absolute Gasteiger partial charge is 0.574 e. The molecule has 0 aliphatic rings. The summed E-state index contributed by atoms with van der Waals surface area (Å²) in [6.45, 7) is 2.99. The highest BCUT2D eigenvalue weighted by atomic mass is 19.4. The number of alkyl halides is 3. The molecule has 1 aromatic rings. The summed E-state index contributed by atoms with van der Waals surface area (Å²) in [5.41, 5.74) is 5.60. The lowest BCUT2D eigenvalue weighted by Gasteiger charge is -2.14. The average Bonchev–Trinajstić information content (AvgIpc) is 2.30. The van der Waals surface area contributed by atoms with Gasteiger partial charge in [-0.2, -0.15) is 0 Å². The maximum atomic E-state index is 12.2. The lowest BCUT2D eigenvalue weighted by molar-refractivity contribution is -0.276. The van der Waals surface area contributed by atoms with E-state index in [0.29, 0.717) is 5.56 Å². The Kier molecular flexibility index (Phi) is 4.71. The first-order chi connectivity index (χ1) is 8.78. The number of ether oxygens (including phenoxy) is 2. The molecule has 106 valence electrons. The molecule has 1 heterocycles. The van der Waals surface area contributed by atoms with Crippen LogP contribution in [0.5, 0.6) is 5.88 Å². The monoisotopic (exact) mass is 278 g/mol. The molecule has 0 aliphatic carbocycles. The number of pyridine rings is 1. The van der Waals surface area contributed by atoms with Gasteiger partial charge in [-0.25, -0.2) is 9.78 Å². The normalized spacial score (nSPS) is 11.3. The Hall–Kier alpha value is -1.83. The number of esters is 1. The molecular formula is C11H13F3N2O3. The van der Waals surface area contributed by atoms with E-state index >= 15 is 0 Å². The van der Waals surface area contributed by atoms with Crippen molar-refractivity contribution in [3.63, 3.8) is 0 Å². The van der Waals surface area contributed by atoms with Crippen molar-refractivity contribution >= 4 is 5.97 Å². The number of hydrogen-bond acceptors (Lipinski definition) is 5. The molecule has 0 radical (unpaired) electrons. The van der Waals surface area contributed by atoms with Crippen LogP contribution in [0.4, 0.5) is 13.2 Å². The maximum Gasteiger partial charge on any atom is 0.574 e. The third-order valence-electron chi connectivity index (χ3n) is 2.25. The summed E-state index contributed by atoms with van der Waals surface area (Å²) in [4.78, 5) is 15.0. The van der Waals surface area contributed by atoms with Gasteiger partial charge in [0.25, 0.3) is 0 Å². The minimum Gasteiger partial charge on any atom is -0.461 e. The van der Waals surface area contributed by atoms with Crippen molar-refractivity contribution in [3.05, 3.63) is 22.9 Å². The van der Waals surface area contributed by atoms with E-state index < -0.39 is 18.2 Å². The van der Waals surface area contributed by atoms with Crippen LogP contribution >= 0.6 is 0 Å². The summed E-state index contributed by atoms with van der Waals surface area (Å²) in [5.74, 6) is -1.53. The average molecular weight is 278 g/mol. The molecule has 5 nitrogen and oxygen atoms in total. The van der Waals surface area contributed by atoms with E-state index in [9.17, 15) is 18.0 Å². The number of carbonyl (C=O) groups excluding carboxylic acids is 1. The second kappa shape index (κ2) is 5.87. The minimum absolute atomic E-state index is 0.0467. The fourth-order valence-corrected chi connectivity index (χ4v) is 1.37. The Morgan fingerprint density at radius 3 is 2.58 bits per heavy atom. The van der Waals surface area contributed by atoms with E-state index in [-0.39, 0.29) is 24.4 Å². The Balaban J connectivity index is 3.22. The van der Waals surface area contributed by atoms with Crippen molar-refractivity contribution in [1.29, 1.82) is 0 Å². The molecule has 0 bridgehead atoms. The third-order valence-corrected chi connectivity index (χ3v) is 2.25. The van der Waals surface area contributed by atoms with Crippen LogP contribution < -0.4 is 10.5 Å². The summed E-state index contributed by atoms with van der Waals surface area (Å²) in [6.07, 6.45) is -4.89. The Labute approximate surface area is 107 Å². The number of carbonyl (C=O) groups is 1. The SMILES string of the molecule is CCOC(=O)c1cc(CN)c(C)c(OC(F)(F)F)n1. The lowest BCUT2D eigenvalue weighted by Crippen LogP contribution is -2.21. The van der Waals surface area contributed by atoms with Gasteiger partial charge >= 0.3 is 12.3 Å². The Morgan fingerprint density at radius 1 is 1.47 bits per heavy atom. The maximum absolute atomic E-state index is 12.2. The van der Waals surface area contributed by atoms with Crippen molar-refractivity contribution in [2.75, 3.05) is 6.61 Å². The van der Waals surface area contributed by atoms with Crippen LogP contribution in [0, 0.1) is 6.92 Å². The second-order valence-corrected chi connectivity index (χ2v) is 3.57. The fourth-order valence-electron chi connectivity index (χ4n) is 1.37. The molecule has 0 spiro atoms. The van der Waals surface area contributed by atoms with E-state index in [2.05, 4.69) is 14.5 Å². The molecule has 0 aromatic carbocycles. The van der Waals surface area contributed by atoms with E-state index in [0.717, 1.165) is 0 Å². The molecule has 0 saturated heterocycles. The van der Waals surface area contributed by atoms with Gasteiger partial charge < -0.3 is 15.2 Å². The highest BCUT2D eigenvalue weighted by Gasteiger charge is 2.33. The van der Waals surface area contributed by atoms with Gasteiger partial charge in [0.2, 0.25) is 5.88 Å². The van der Waals surface area contributed by atoms with Gasteiger partial charge in [-0.3, -0.25) is 0 Å². The van der Waals surface area contributed by atoms with E-state index in [4.69, 9.17) is 5.73 Å².